The highest BCUT2D eigenvalue weighted by atomic mass is 32.1. The Kier molecular flexibility index (Phi) is 5.59. The lowest BCUT2D eigenvalue weighted by Crippen LogP contribution is -2.44. The van der Waals surface area contributed by atoms with E-state index in [0.717, 1.165) is 5.69 Å². The number of amides is 1. The van der Waals surface area contributed by atoms with Crippen LogP contribution in [0, 0.1) is 10.1 Å². The second kappa shape index (κ2) is 7.85. The zero-order valence-corrected chi connectivity index (χ0v) is 12.8. The largest absolute Gasteiger partial charge is 0.331 e. The normalized spacial score (nSPS) is 9.74. The molecule has 0 fully saturated rings. The zero-order valence-electron chi connectivity index (χ0n) is 12.0. The number of rotatable bonds is 4. The number of thiocarbonyl (C=S) groups is 1. The van der Waals surface area contributed by atoms with Crippen LogP contribution in [-0.4, -0.2) is 15.9 Å². The maximum atomic E-state index is 11.9. The molecule has 0 heterocycles. The van der Waals surface area contributed by atoms with Crippen molar-refractivity contribution in [3.63, 3.8) is 0 Å². The molecule has 0 saturated carbocycles. The molecule has 0 unspecified atom stereocenters. The van der Waals surface area contributed by atoms with Crippen LogP contribution in [-0.2, 0) is 11.2 Å². The molecule has 2 aromatic rings. The van der Waals surface area contributed by atoms with Crippen LogP contribution >= 0.6 is 12.2 Å². The van der Waals surface area contributed by atoms with Gasteiger partial charge in [-0.1, -0.05) is 36.4 Å². The fourth-order valence-electron chi connectivity index (χ4n) is 1.87. The predicted octanol–water partition coefficient (Wildman–Crippen LogP) is 2.16. The van der Waals surface area contributed by atoms with Gasteiger partial charge in [-0.15, -0.1) is 0 Å². The second-order valence-corrected chi connectivity index (χ2v) is 4.96. The van der Waals surface area contributed by atoms with E-state index in [0.29, 0.717) is 5.56 Å². The van der Waals surface area contributed by atoms with Crippen molar-refractivity contribution in [2.45, 2.75) is 6.42 Å². The molecule has 1 amide bonds. The van der Waals surface area contributed by atoms with E-state index in [1.54, 1.807) is 12.1 Å². The van der Waals surface area contributed by atoms with Crippen LogP contribution in [0.2, 0.25) is 0 Å². The summed E-state index contributed by atoms with van der Waals surface area (Å²) in [5, 5.41) is 14.0. The van der Waals surface area contributed by atoms with Crippen molar-refractivity contribution in [1.82, 2.24) is 10.9 Å². The molecule has 118 valence electrons. The maximum absolute atomic E-state index is 11.9. The van der Waals surface area contributed by atoms with E-state index >= 15 is 0 Å². The number of hydrogen-bond donors (Lipinski definition) is 3. The number of nitrogens with zero attached hydrogens (tertiary/aromatic N) is 1. The van der Waals surface area contributed by atoms with Crippen molar-refractivity contribution < 1.29 is 9.72 Å². The third-order valence-corrected chi connectivity index (χ3v) is 3.09. The summed E-state index contributed by atoms with van der Waals surface area (Å²) < 4.78 is 0. The Morgan fingerprint density at radius 2 is 1.70 bits per heavy atom. The monoisotopic (exact) mass is 330 g/mol. The number of nitro groups is 1. The highest BCUT2D eigenvalue weighted by molar-refractivity contribution is 7.80. The number of anilines is 1. The van der Waals surface area contributed by atoms with Crippen LogP contribution in [0.15, 0.2) is 54.6 Å². The second-order valence-electron chi connectivity index (χ2n) is 4.56. The fraction of sp³-hybridized carbons (Fsp3) is 0.0667. The van der Waals surface area contributed by atoms with Gasteiger partial charge in [0, 0.05) is 17.3 Å². The van der Waals surface area contributed by atoms with Crippen molar-refractivity contribution in [2.24, 2.45) is 0 Å². The topological polar surface area (TPSA) is 96.3 Å². The van der Waals surface area contributed by atoms with E-state index in [-0.39, 0.29) is 17.2 Å². The van der Waals surface area contributed by atoms with Gasteiger partial charge in [-0.2, -0.15) is 0 Å². The highest BCUT2D eigenvalue weighted by Crippen LogP contribution is 2.17. The minimum atomic E-state index is -0.516. The van der Waals surface area contributed by atoms with Gasteiger partial charge in [-0.25, -0.2) is 0 Å². The number of nitro benzene ring substituents is 1. The Balaban J connectivity index is 1.86. The molecule has 0 saturated heterocycles. The minimum Gasteiger partial charge on any atom is -0.331 e. The summed E-state index contributed by atoms with van der Waals surface area (Å²) in [4.78, 5) is 22.2. The number of benzene rings is 2. The molecule has 3 N–H and O–H groups in total. The highest BCUT2D eigenvalue weighted by Gasteiger charge is 2.15. The van der Waals surface area contributed by atoms with E-state index < -0.39 is 10.8 Å². The van der Waals surface area contributed by atoms with E-state index in [1.165, 1.54) is 12.1 Å². The van der Waals surface area contributed by atoms with Crippen LogP contribution in [0.3, 0.4) is 0 Å². The molecule has 0 bridgehead atoms. The Morgan fingerprint density at radius 3 is 2.39 bits per heavy atom. The molecule has 0 radical (unpaired) electrons. The van der Waals surface area contributed by atoms with Gasteiger partial charge in [-0.3, -0.25) is 25.8 Å². The van der Waals surface area contributed by atoms with Gasteiger partial charge >= 0.3 is 0 Å². The first kappa shape index (κ1) is 16.4. The Bertz CT molecular complexity index is 722. The summed E-state index contributed by atoms with van der Waals surface area (Å²) >= 11 is 5.04. The smallest absolute Gasteiger partial charge is 0.273 e. The van der Waals surface area contributed by atoms with Gasteiger partial charge < -0.3 is 5.32 Å². The van der Waals surface area contributed by atoms with Gasteiger partial charge in [0.15, 0.2) is 5.11 Å². The Hall–Kier alpha value is -3.00. The minimum absolute atomic E-state index is 0.0902. The maximum Gasteiger partial charge on any atom is 0.273 e. The number of nitrogens with one attached hydrogen (secondary N) is 3. The van der Waals surface area contributed by atoms with Gasteiger partial charge in [0.2, 0.25) is 5.91 Å². The molecule has 2 aromatic carbocycles. The summed E-state index contributed by atoms with van der Waals surface area (Å²) in [7, 11) is 0. The SMILES string of the molecule is O=C(Cc1ccccc1[N+](=O)[O-])NNC(=S)Nc1ccccc1. The van der Waals surface area contributed by atoms with Crippen LogP contribution < -0.4 is 16.2 Å². The molecule has 0 aliphatic rings. The predicted molar refractivity (Wildman–Crippen MR) is 90.7 cm³/mol. The molecule has 8 heteroatoms. The molecular formula is C15H14N4O3S. The number of hydrazine groups is 1. The lowest BCUT2D eigenvalue weighted by Gasteiger charge is -2.11. The van der Waals surface area contributed by atoms with Crippen LogP contribution in [0.25, 0.3) is 0 Å². The first-order valence-electron chi connectivity index (χ1n) is 6.69. The zero-order chi connectivity index (χ0) is 16.7. The average molecular weight is 330 g/mol. The van der Waals surface area contributed by atoms with Crippen molar-refractivity contribution in [3.05, 3.63) is 70.3 Å². The molecule has 0 aliphatic carbocycles. The lowest BCUT2D eigenvalue weighted by atomic mass is 10.1. The Labute approximate surface area is 137 Å². The standard InChI is InChI=1S/C15H14N4O3S/c20-14(10-11-6-4-5-9-13(11)19(21)22)17-18-15(23)16-12-7-2-1-3-8-12/h1-9H,10H2,(H,17,20)(H2,16,18,23). The van der Waals surface area contributed by atoms with E-state index in [2.05, 4.69) is 16.2 Å². The molecule has 23 heavy (non-hydrogen) atoms. The molecule has 7 nitrogen and oxygen atoms in total. The van der Waals surface area contributed by atoms with Gasteiger partial charge in [0.25, 0.3) is 5.69 Å². The third kappa shape index (κ3) is 5.04. The molecule has 0 aromatic heterocycles. The average Bonchev–Trinajstić information content (AvgIpc) is 2.54. The van der Waals surface area contributed by atoms with Crippen molar-refractivity contribution in [1.29, 1.82) is 0 Å². The summed E-state index contributed by atoms with van der Waals surface area (Å²) in [5.41, 5.74) is 5.97. The summed E-state index contributed by atoms with van der Waals surface area (Å²) in [6, 6.07) is 15.3. The summed E-state index contributed by atoms with van der Waals surface area (Å²) in [6.07, 6.45) is -0.127. The number of carbonyl (C=O) groups is 1. The van der Waals surface area contributed by atoms with Gasteiger partial charge in [0.1, 0.15) is 0 Å². The number of para-hydroxylation sites is 2. The number of carbonyl (C=O) groups excluding carboxylic acids is 1. The number of hydrogen-bond acceptors (Lipinski definition) is 4. The summed E-state index contributed by atoms with van der Waals surface area (Å²) in [6.45, 7) is 0. The molecule has 0 atom stereocenters. The van der Waals surface area contributed by atoms with E-state index in [4.69, 9.17) is 12.2 Å². The lowest BCUT2D eigenvalue weighted by molar-refractivity contribution is -0.385. The first-order chi connectivity index (χ1) is 11.1. The van der Waals surface area contributed by atoms with Crippen molar-refractivity contribution in [3.8, 4) is 0 Å². The van der Waals surface area contributed by atoms with Crippen LogP contribution in [0.1, 0.15) is 5.56 Å². The van der Waals surface area contributed by atoms with E-state index in [9.17, 15) is 14.9 Å². The molecule has 2 rings (SSSR count). The first-order valence-corrected chi connectivity index (χ1v) is 7.10. The quantitative estimate of drug-likeness (QED) is 0.452. The third-order valence-electron chi connectivity index (χ3n) is 2.89. The molecule has 0 spiro atoms. The van der Waals surface area contributed by atoms with Crippen molar-refractivity contribution in [2.75, 3.05) is 5.32 Å². The molecule has 0 aliphatic heterocycles. The van der Waals surface area contributed by atoms with E-state index in [1.807, 2.05) is 30.3 Å². The van der Waals surface area contributed by atoms with Crippen molar-refractivity contribution >= 4 is 34.6 Å². The van der Waals surface area contributed by atoms with Crippen LogP contribution in [0.4, 0.5) is 11.4 Å². The van der Waals surface area contributed by atoms with Crippen LogP contribution in [0.5, 0.6) is 0 Å². The van der Waals surface area contributed by atoms with Gasteiger partial charge in [-0.05, 0) is 24.4 Å². The summed E-state index contributed by atoms with van der Waals surface area (Å²) in [5.74, 6) is -0.434. The molecular weight excluding hydrogens is 316 g/mol. The Morgan fingerprint density at radius 1 is 1.04 bits per heavy atom. The fourth-order valence-corrected chi connectivity index (χ4v) is 2.03. The van der Waals surface area contributed by atoms with Gasteiger partial charge in [0.05, 0.1) is 11.3 Å².